The van der Waals surface area contributed by atoms with Crippen LogP contribution in [0.25, 0.3) is 0 Å². The number of nitrogens with one attached hydrogen (secondary N) is 2. The first-order valence-electron chi connectivity index (χ1n) is 11.4. The monoisotopic (exact) mass is 476 g/mol. The van der Waals surface area contributed by atoms with E-state index >= 15 is 0 Å². The SMILES string of the molecule is N#CCN1CCC(c2ccc(Nc3cc(NCc4cccc(F)c4F)c(C(N)=O)cn3)cc2)CC1. The van der Waals surface area contributed by atoms with Crippen molar-refractivity contribution in [3.63, 3.8) is 0 Å². The minimum atomic E-state index is -0.941. The lowest BCUT2D eigenvalue weighted by atomic mass is 9.89. The largest absolute Gasteiger partial charge is 0.380 e. The van der Waals surface area contributed by atoms with Gasteiger partial charge in [0.15, 0.2) is 11.6 Å². The molecule has 2 aromatic carbocycles. The molecule has 1 aliphatic rings. The number of nitrogens with two attached hydrogens (primary N) is 1. The van der Waals surface area contributed by atoms with Crippen LogP contribution in [0.2, 0.25) is 0 Å². The highest BCUT2D eigenvalue weighted by Gasteiger charge is 2.20. The number of anilines is 3. The van der Waals surface area contributed by atoms with Crippen LogP contribution in [-0.4, -0.2) is 35.4 Å². The van der Waals surface area contributed by atoms with E-state index < -0.39 is 17.5 Å². The number of aromatic nitrogens is 1. The summed E-state index contributed by atoms with van der Waals surface area (Å²) in [4.78, 5) is 18.3. The van der Waals surface area contributed by atoms with Crippen molar-refractivity contribution < 1.29 is 13.6 Å². The van der Waals surface area contributed by atoms with E-state index in [1.54, 1.807) is 6.07 Å². The number of hydrogen-bond acceptors (Lipinski definition) is 6. The number of amides is 1. The number of rotatable bonds is 8. The Morgan fingerprint density at radius 3 is 2.60 bits per heavy atom. The lowest BCUT2D eigenvalue weighted by Gasteiger charge is -2.30. The van der Waals surface area contributed by atoms with E-state index in [1.807, 2.05) is 12.1 Å². The van der Waals surface area contributed by atoms with Crippen molar-refractivity contribution in [2.75, 3.05) is 30.3 Å². The van der Waals surface area contributed by atoms with Crippen molar-refractivity contribution in [2.45, 2.75) is 25.3 Å². The molecule has 35 heavy (non-hydrogen) atoms. The number of halogens is 2. The number of benzene rings is 2. The van der Waals surface area contributed by atoms with E-state index in [2.05, 4.69) is 38.7 Å². The first kappa shape index (κ1) is 24.1. The highest BCUT2D eigenvalue weighted by Crippen LogP contribution is 2.29. The average molecular weight is 477 g/mol. The van der Waals surface area contributed by atoms with Crippen LogP contribution in [0.5, 0.6) is 0 Å². The number of primary amides is 1. The first-order valence-corrected chi connectivity index (χ1v) is 11.4. The molecule has 0 atom stereocenters. The van der Waals surface area contributed by atoms with Gasteiger partial charge < -0.3 is 16.4 Å². The Hall–Kier alpha value is -4.03. The molecule has 1 amide bonds. The Morgan fingerprint density at radius 2 is 1.91 bits per heavy atom. The average Bonchev–Trinajstić information content (AvgIpc) is 2.86. The van der Waals surface area contributed by atoms with Gasteiger partial charge in [-0.15, -0.1) is 0 Å². The van der Waals surface area contributed by atoms with E-state index in [0.29, 0.717) is 24.0 Å². The summed E-state index contributed by atoms with van der Waals surface area (Å²) in [7, 11) is 0. The zero-order valence-electron chi connectivity index (χ0n) is 19.1. The maximum Gasteiger partial charge on any atom is 0.252 e. The highest BCUT2D eigenvalue weighted by atomic mass is 19.2. The normalized spacial score (nSPS) is 14.3. The second-order valence-electron chi connectivity index (χ2n) is 8.50. The van der Waals surface area contributed by atoms with Gasteiger partial charge in [-0.2, -0.15) is 5.26 Å². The number of nitrogens with zero attached hydrogens (tertiary/aromatic N) is 3. The predicted molar refractivity (Wildman–Crippen MR) is 130 cm³/mol. The van der Waals surface area contributed by atoms with Gasteiger partial charge in [0, 0.05) is 30.1 Å². The number of nitriles is 1. The maximum absolute atomic E-state index is 14.0. The molecule has 4 N–H and O–H groups in total. The molecule has 0 bridgehead atoms. The number of pyridine rings is 1. The Kier molecular flexibility index (Phi) is 7.53. The Morgan fingerprint density at radius 1 is 1.17 bits per heavy atom. The fraction of sp³-hybridized carbons (Fsp3) is 0.269. The fourth-order valence-electron chi connectivity index (χ4n) is 4.25. The summed E-state index contributed by atoms with van der Waals surface area (Å²) in [5.74, 6) is -1.63. The summed E-state index contributed by atoms with van der Waals surface area (Å²) in [5.41, 5.74) is 8.16. The minimum Gasteiger partial charge on any atom is -0.380 e. The lowest BCUT2D eigenvalue weighted by molar-refractivity contribution is 0.100. The van der Waals surface area contributed by atoms with Crippen molar-refractivity contribution in [3.8, 4) is 6.07 Å². The second kappa shape index (κ2) is 10.9. The van der Waals surface area contributed by atoms with Crippen molar-refractivity contribution in [2.24, 2.45) is 5.73 Å². The van der Waals surface area contributed by atoms with Crippen molar-refractivity contribution >= 4 is 23.1 Å². The predicted octanol–water partition coefficient (Wildman–Crippen LogP) is 4.52. The van der Waals surface area contributed by atoms with E-state index in [9.17, 15) is 13.6 Å². The number of carbonyl (C=O) groups is 1. The zero-order valence-corrected chi connectivity index (χ0v) is 19.1. The Balaban J connectivity index is 1.44. The molecule has 7 nitrogen and oxygen atoms in total. The van der Waals surface area contributed by atoms with Crippen LogP contribution in [-0.2, 0) is 6.54 Å². The van der Waals surface area contributed by atoms with Gasteiger partial charge in [0.25, 0.3) is 5.91 Å². The summed E-state index contributed by atoms with van der Waals surface area (Å²) in [6, 6.07) is 15.8. The van der Waals surface area contributed by atoms with Gasteiger partial charge >= 0.3 is 0 Å². The molecule has 2 heterocycles. The molecule has 1 aromatic heterocycles. The molecule has 0 unspecified atom stereocenters. The van der Waals surface area contributed by atoms with Crippen LogP contribution in [0, 0.1) is 23.0 Å². The molecule has 0 aliphatic carbocycles. The zero-order chi connectivity index (χ0) is 24.8. The molecule has 0 saturated carbocycles. The smallest absolute Gasteiger partial charge is 0.252 e. The van der Waals surface area contributed by atoms with Crippen molar-refractivity contribution in [1.82, 2.24) is 9.88 Å². The molecule has 9 heteroatoms. The molecule has 4 rings (SSSR count). The maximum atomic E-state index is 14.0. The van der Waals surface area contributed by atoms with E-state index in [-0.39, 0.29) is 17.7 Å². The third kappa shape index (κ3) is 5.91. The van der Waals surface area contributed by atoms with Gasteiger partial charge in [-0.1, -0.05) is 24.3 Å². The van der Waals surface area contributed by atoms with E-state index in [0.717, 1.165) is 37.7 Å². The van der Waals surface area contributed by atoms with Gasteiger partial charge in [0.2, 0.25) is 0 Å². The molecular formula is C26H26F2N6O. The Labute approximate surface area is 202 Å². The topological polar surface area (TPSA) is 107 Å². The Bertz CT molecular complexity index is 1230. The molecule has 0 spiro atoms. The van der Waals surface area contributed by atoms with Crippen molar-refractivity contribution in [3.05, 3.63) is 83.1 Å². The molecule has 3 aromatic rings. The molecule has 0 radical (unpaired) electrons. The third-order valence-electron chi connectivity index (χ3n) is 6.21. The number of carbonyl (C=O) groups excluding carboxylic acids is 1. The van der Waals surface area contributed by atoms with Gasteiger partial charge in [-0.05, 0) is 55.6 Å². The number of piperidine rings is 1. The van der Waals surface area contributed by atoms with Crippen LogP contribution in [0.15, 0.2) is 54.7 Å². The van der Waals surface area contributed by atoms with Gasteiger partial charge in [-0.3, -0.25) is 9.69 Å². The van der Waals surface area contributed by atoms with Crippen LogP contribution in [0.4, 0.5) is 26.0 Å². The van der Waals surface area contributed by atoms with Crippen molar-refractivity contribution in [1.29, 1.82) is 5.26 Å². The van der Waals surface area contributed by atoms with Crippen LogP contribution >= 0.6 is 0 Å². The standard InChI is InChI=1S/C26H26F2N6O/c27-22-3-1-2-19(25(22)28)15-31-23-14-24(32-16-21(23)26(30)35)33-20-6-4-17(5-7-20)18-8-11-34(12-9-18)13-10-29/h1-7,14,16,18H,8-9,11-13,15H2,(H2,30,35)(H2,31,32,33). The molecule has 1 saturated heterocycles. The van der Waals surface area contributed by atoms with Gasteiger partial charge in [0.1, 0.15) is 5.82 Å². The van der Waals surface area contributed by atoms with Crippen LogP contribution in [0.1, 0.15) is 40.2 Å². The quantitative estimate of drug-likeness (QED) is 0.413. The van der Waals surface area contributed by atoms with Gasteiger partial charge in [-0.25, -0.2) is 13.8 Å². The summed E-state index contributed by atoms with van der Waals surface area (Å²) in [6.07, 6.45) is 3.38. The summed E-state index contributed by atoms with van der Waals surface area (Å²) < 4.78 is 27.5. The highest BCUT2D eigenvalue weighted by molar-refractivity contribution is 5.98. The van der Waals surface area contributed by atoms with Crippen LogP contribution in [0.3, 0.4) is 0 Å². The molecular weight excluding hydrogens is 450 g/mol. The van der Waals surface area contributed by atoms with Gasteiger partial charge in [0.05, 0.1) is 23.9 Å². The fourth-order valence-corrected chi connectivity index (χ4v) is 4.25. The summed E-state index contributed by atoms with van der Waals surface area (Å²) in [5, 5.41) is 15.0. The molecule has 1 aliphatic heterocycles. The number of hydrogen-bond donors (Lipinski definition) is 3. The van der Waals surface area contributed by atoms with E-state index in [4.69, 9.17) is 11.0 Å². The minimum absolute atomic E-state index is 0.0325. The molecule has 1 fully saturated rings. The first-order chi connectivity index (χ1) is 16.9. The van der Waals surface area contributed by atoms with Crippen LogP contribution < -0.4 is 16.4 Å². The third-order valence-corrected chi connectivity index (χ3v) is 6.21. The number of likely N-dealkylation sites (tertiary alicyclic amines) is 1. The lowest BCUT2D eigenvalue weighted by Crippen LogP contribution is -2.33. The van der Waals surface area contributed by atoms with E-state index in [1.165, 1.54) is 23.9 Å². The summed E-state index contributed by atoms with van der Waals surface area (Å²) >= 11 is 0. The summed E-state index contributed by atoms with van der Waals surface area (Å²) in [6.45, 7) is 2.29. The molecule has 180 valence electrons. The second-order valence-corrected chi connectivity index (χ2v) is 8.50.